The normalized spacial score (nSPS) is 16.2. The van der Waals surface area contributed by atoms with Crippen LogP contribution in [0.4, 0.5) is 0 Å². The number of carbonyl (C=O) groups is 1. The largest absolute Gasteiger partial charge is 0.497 e. The Kier molecular flexibility index (Phi) is 6.90. The number of thiophene rings is 1. The highest BCUT2D eigenvalue weighted by atomic mass is 35.5. The molecule has 1 unspecified atom stereocenters. The molecule has 3 heterocycles. The zero-order valence-corrected chi connectivity index (χ0v) is 18.1. The average Bonchev–Trinajstić information content (AvgIpc) is 3.15. The first-order chi connectivity index (χ1) is 13.7. The van der Waals surface area contributed by atoms with Gasteiger partial charge in [-0.05, 0) is 47.9 Å². The van der Waals surface area contributed by atoms with Gasteiger partial charge in [-0.1, -0.05) is 18.2 Å². The molecule has 0 spiro atoms. The number of amides is 1. The van der Waals surface area contributed by atoms with Crippen molar-refractivity contribution < 1.29 is 9.53 Å². The van der Waals surface area contributed by atoms with Crippen molar-refractivity contribution >= 4 is 29.7 Å². The number of aromatic nitrogens is 1. The standard InChI is InChI=1S/C22H23N3O2S.ClH/c1-15-19(16-5-7-18(27-2)8-6-16)12-21(28-15)22(26)25-11-10-24-14-20(25)17-4-3-9-23-13-17;/h3-9,12-13,20,24H,10-11,14H2,1-2H3;1H. The van der Waals surface area contributed by atoms with Crippen LogP contribution in [-0.4, -0.2) is 42.5 Å². The molecule has 1 amide bonds. The molecule has 1 aliphatic rings. The fourth-order valence-electron chi connectivity index (χ4n) is 3.60. The summed E-state index contributed by atoms with van der Waals surface area (Å²) in [5, 5.41) is 3.39. The molecule has 7 heteroatoms. The Balaban J connectivity index is 0.00000240. The van der Waals surface area contributed by atoms with Crippen molar-refractivity contribution in [1.29, 1.82) is 0 Å². The predicted molar refractivity (Wildman–Crippen MR) is 119 cm³/mol. The van der Waals surface area contributed by atoms with Gasteiger partial charge >= 0.3 is 0 Å². The van der Waals surface area contributed by atoms with E-state index in [1.807, 2.05) is 53.6 Å². The van der Waals surface area contributed by atoms with E-state index < -0.39 is 0 Å². The molecule has 1 aromatic carbocycles. The minimum atomic E-state index is 0. The number of pyridine rings is 1. The summed E-state index contributed by atoms with van der Waals surface area (Å²) in [4.78, 5) is 21.5. The van der Waals surface area contributed by atoms with E-state index in [-0.39, 0.29) is 24.4 Å². The summed E-state index contributed by atoms with van der Waals surface area (Å²) in [6.07, 6.45) is 3.61. The maximum absolute atomic E-state index is 13.3. The molecule has 0 aliphatic carbocycles. The zero-order valence-electron chi connectivity index (χ0n) is 16.4. The van der Waals surface area contributed by atoms with Crippen LogP contribution in [0.3, 0.4) is 0 Å². The highest BCUT2D eigenvalue weighted by molar-refractivity contribution is 7.14. The molecule has 1 fully saturated rings. The quantitative estimate of drug-likeness (QED) is 0.670. The van der Waals surface area contributed by atoms with E-state index in [4.69, 9.17) is 4.74 Å². The van der Waals surface area contributed by atoms with Crippen LogP contribution >= 0.6 is 23.7 Å². The Labute approximate surface area is 181 Å². The molecule has 1 N–H and O–H groups in total. The Bertz CT molecular complexity index is 960. The van der Waals surface area contributed by atoms with Gasteiger partial charge in [0, 0.05) is 36.9 Å². The highest BCUT2D eigenvalue weighted by Gasteiger charge is 2.30. The number of hydrogen-bond donors (Lipinski definition) is 1. The third-order valence-corrected chi connectivity index (χ3v) is 6.14. The lowest BCUT2D eigenvalue weighted by Gasteiger charge is -2.36. The molecule has 1 aliphatic heterocycles. The number of hydrogen-bond acceptors (Lipinski definition) is 5. The Morgan fingerprint density at radius 3 is 2.76 bits per heavy atom. The first-order valence-electron chi connectivity index (χ1n) is 9.34. The van der Waals surface area contributed by atoms with Crippen LogP contribution in [-0.2, 0) is 0 Å². The molecule has 1 saturated heterocycles. The SMILES string of the molecule is COc1ccc(-c2cc(C(=O)N3CCNCC3c3cccnc3)sc2C)cc1.Cl. The molecule has 152 valence electrons. The number of rotatable bonds is 4. The van der Waals surface area contributed by atoms with E-state index in [1.54, 1.807) is 24.6 Å². The lowest BCUT2D eigenvalue weighted by molar-refractivity contribution is 0.0639. The first-order valence-corrected chi connectivity index (χ1v) is 10.2. The second-order valence-electron chi connectivity index (χ2n) is 6.81. The number of carbonyl (C=O) groups excluding carboxylic acids is 1. The van der Waals surface area contributed by atoms with E-state index in [0.717, 1.165) is 45.3 Å². The van der Waals surface area contributed by atoms with Crippen molar-refractivity contribution in [3.63, 3.8) is 0 Å². The summed E-state index contributed by atoms with van der Waals surface area (Å²) in [6.45, 7) is 4.30. The molecule has 0 saturated carbocycles. The maximum atomic E-state index is 13.3. The summed E-state index contributed by atoms with van der Waals surface area (Å²) in [5.41, 5.74) is 3.26. The predicted octanol–water partition coefficient (Wildman–Crippen LogP) is 4.34. The molecule has 1 atom stereocenters. The van der Waals surface area contributed by atoms with Crippen molar-refractivity contribution in [2.24, 2.45) is 0 Å². The number of ether oxygens (including phenoxy) is 1. The van der Waals surface area contributed by atoms with Crippen molar-refractivity contribution in [3.8, 4) is 16.9 Å². The zero-order chi connectivity index (χ0) is 19.5. The van der Waals surface area contributed by atoms with Gasteiger partial charge in [-0.25, -0.2) is 0 Å². The van der Waals surface area contributed by atoms with Gasteiger partial charge in [0.2, 0.25) is 0 Å². The minimum Gasteiger partial charge on any atom is -0.497 e. The van der Waals surface area contributed by atoms with Gasteiger partial charge in [-0.2, -0.15) is 0 Å². The molecular weight excluding hydrogens is 406 g/mol. The minimum absolute atomic E-state index is 0. The number of aryl methyl sites for hydroxylation is 1. The van der Waals surface area contributed by atoms with Crippen LogP contribution in [0.15, 0.2) is 54.9 Å². The lowest BCUT2D eigenvalue weighted by Crippen LogP contribution is -2.48. The molecular formula is C22H24ClN3O2S. The second-order valence-corrected chi connectivity index (χ2v) is 8.07. The second kappa shape index (κ2) is 9.39. The molecule has 29 heavy (non-hydrogen) atoms. The molecule has 5 nitrogen and oxygen atoms in total. The van der Waals surface area contributed by atoms with E-state index in [9.17, 15) is 4.79 Å². The third-order valence-electron chi connectivity index (χ3n) is 5.10. The van der Waals surface area contributed by atoms with Gasteiger partial charge in [-0.3, -0.25) is 9.78 Å². The van der Waals surface area contributed by atoms with Crippen molar-refractivity contribution in [1.82, 2.24) is 15.2 Å². The Morgan fingerprint density at radius 1 is 1.28 bits per heavy atom. The summed E-state index contributed by atoms with van der Waals surface area (Å²) in [6, 6.07) is 13.9. The number of methoxy groups -OCH3 is 1. The van der Waals surface area contributed by atoms with Crippen LogP contribution in [0.1, 0.15) is 26.2 Å². The summed E-state index contributed by atoms with van der Waals surface area (Å²) < 4.78 is 5.24. The number of nitrogens with one attached hydrogen (secondary N) is 1. The maximum Gasteiger partial charge on any atom is 0.264 e. The lowest BCUT2D eigenvalue weighted by atomic mass is 10.0. The van der Waals surface area contributed by atoms with Crippen LogP contribution < -0.4 is 10.1 Å². The first kappa shape index (κ1) is 21.3. The van der Waals surface area contributed by atoms with Crippen molar-refractivity contribution in [2.45, 2.75) is 13.0 Å². The fraction of sp³-hybridized carbons (Fsp3) is 0.273. The number of nitrogens with zero attached hydrogens (tertiary/aromatic N) is 2. The van der Waals surface area contributed by atoms with Gasteiger partial charge in [0.05, 0.1) is 18.0 Å². The van der Waals surface area contributed by atoms with Crippen molar-refractivity contribution in [3.05, 3.63) is 70.2 Å². The van der Waals surface area contributed by atoms with Crippen molar-refractivity contribution in [2.75, 3.05) is 26.7 Å². The van der Waals surface area contributed by atoms with E-state index >= 15 is 0 Å². The summed E-state index contributed by atoms with van der Waals surface area (Å²) in [5.74, 6) is 0.913. The summed E-state index contributed by atoms with van der Waals surface area (Å²) in [7, 11) is 1.66. The number of halogens is 1. The molecule has 4 rings (SSSR count). The van der Waals surface area contributed by atoms with Gasteiger partial charge in [0.25, 0.3) is 5.91 Å². The molecule has 0 bridgehead atoms. The van der Waals surface area contributed by atoms with Gasteiger partial charge in [0.1, 0.15) is 5.75 Å². The number of benzene rings is 1. The van der Waals surface area contributed by atoms with E-state index in [2.05, 4.69) is 17.2 Å². The smallest absolute Gasteiger partial charge is 0.264 e. The highest BCUT2D eigenvalue weighted by Crippen LogP contribution is 2.34. The van der Waals surface area contributed by atoms with Gasteiger partial charge in [-0.15, -0.1) is 23.7 Å². The van der Waals surface area contributed by atoms with Crippen LogP contribution in [0.2, 0.25) is 0 Å². The number of piperazine rings is 1. The van der Waals surface area contributed by atoms with Gasteiger partial charge < -0.3 is 15.0 Å². The van der Waals surface area contributed by atoms with Crippen LogP contribution in [0.5, 0.6) is 5.75 Å². The van der Waals surface area contributed by atoms with E-state index in [0.29, 0.717) is 6.54 Å². The van der Waals surface area contributed by atoms with Gasteiger partial charge in [0.15, 0.2) is 0 Å². The molecule has 0 radical (unpaired) electrons. The molecule has 3 aromatic rings. The average molecular weight is 430 g/mol. The fourth-order valence-corrected chi connectivity index (χ4v) is 4.60. The summed E-state index contributed by atoms with van der Waals surface area (Å²) >= 11 is 1.56. The molecule has 2 aromatic heterocycles. The van der Waals surface area contributed by atoms with Crippen LogP contribution in [0, 0.1) is 6.92 Å². The topological polar surface area (TPSA) is 54.5 Å². The monoisotopic (exact) mass is 429 g/mol. The Morgan fingerprint density at radius 2 is 2.07 bits per heavy atom. The Hall–Kier alpha value is -2.41. The van der Waals surface area contributed by atoms with E-state index in [1.165, 1.54) is 0 Å². The van der Waals surface area contributed by atoms with Crippen LogP contribution in [0.25, 0.3) is 11.1 Å². The third kappa shape index (κ3) is 4.45.